The molecule has 68 valence electrons. The number of halogens is 1. The normalized spacial score (nSPS) is 10.2. The summed E-state index contributed by atoms with van der Waals surface area (Å²) in [5, 5.41) is 0.633. The molecule has 0 N–H and O–H groups in total. The van der Waals surface area contributed by atoms with Gasteiger partial charge in [-0.3, -0.25) is 0 Å². The smallest absolute Gasteiger partial charge is 0.156 e. The van der Waals surface area contributed by atoms with E-state index in [1.807, 2.05) is 0 Å². The van der Waals surface area contributed by atoms with Crippen LogP contribution >= 0.6 is 36.2 Å². The van der Waals surface area contributed by atoms with Gasteiger partial charge in [0.25, 0.3) is 0 Å². The van der Waals surface area contributed by atoms with E-state index >= 15 is 0 Å². The number of nitrogens with zero attached hydrogens (tertiary/aromatic N) is 1. The highest BCUT2D eigenvalue weighted by atomic mass is 127. The van der Waals surface area contributed by atoms with Crippen molar-refractivity contribution in [2.75, 3.05) is 34.3 Å². The Bertz CT molecular complexity index is 122. The molecule has 11 heavy (non-hydrogen) atoms. The van der Waals surface area contributed by atoms with Crippen molar-refractivity contribution in [1.29, 1.82) is 0 Å². The molecule has 0 aliphatic heterocycles. The van der Waals surface area contributed by atoms with Crippen LogP contribution in [-0.2, 0) is 4.74 Å². The second-order valence-corrected chi connectivity index (χ2v) is 3.93. The van der Waals surface area contributed by atoms with Gasteiger partial charge >= 0.3 is 0 Å². The lowest BCUT2D eigenvalue weighted by Crippen LogP contribution is -2.37. The number of hydrogen-bond acceptors (Lipinski definition) is 2. The number of ether oxygens (including phenoxy) is 1. The van der Waals surface area contributed by atoms with Crippen LogP contribution in [0.3, 0.4) is 0 Å². The number of likely N-dealkylation sites (N-methyl/N-ethyl adjacent to an activating group) is 1. The first-order chi connectivity index (χ1) is 4.42. The molecule has 0 aliphatic carbocycles. The quantitative estimate of drug-likeness (QED) is 0.444. The Labute approximate surface area is 91.5 Å². The minimum absolute atomic E-state index is 0. The zero-order chi connectivity index (χ0) is 8.20. The Morgan fingerprint density at radius 2 is 1.82 bits per heavy atom. The first kappa shape index (κ1) is 14.1. The van der Waals surface area contributed by atoms with Gasteiger partial charge in [0, 0.05) is 6.92 Å². The van der Waals surface area contributed by atoms with E-state index in [1.54, 1.807) is 6.92 Å². The van der Waals surface area contributed by atoms with Gasteiger partial charge in [-0.05, 0) is 12.2 Å². The third-order valence-corrected chi connectivity index (χ3v) is 1.19. The Balaban J connectivity index is 0. The summed E-state index contributed by atoms with van der Waals surface area (Å²) in [4.78, 5) is 0. The Morgan fingerprint density at radius 3 is 2.09 bits per heavy atom. The molecule has 0 radical (unpaired) electrons. The molecule has 0 atom stereocenters. The second kappa shape index (κ2) is 6.14. The molecule has 0 aromatic carbocycles. The fourth-order valence-electron chi connectivity index (χ4n) is 0.463. The fourth-order valence-corrected chi connectivity index (χ4v) is 0.547. The van der Waals surface area contributed by atoms with Crippen molar-refractivity contribution in [1.82, 2.24) is 0 Å². The molecule has 0 fully saturated rings. The number of quaternary nitrogens is 1. The third-order valence-electron chi connectivity index (χ3n) is 1.07. The maximum Gasteiger partial charge on any atom is 0.156 e. The Kier molecular flexibility index (Phi) is 7.88. The largest absolute Gasteiger partial charge is 0.481 e. The summed E-state index contributed by atoms with van der Waals surface area (Å²) in [6.07, 6.45) is 0. The Hall–Kier alpha value is 0.580. The Morgan fingerprint density at radius 1 is 1.36 bits per heavy atom. The van der Waals surface area contributed by atoms with E-state index in [2.05, 4.69) is 21.1 Å². The lowest BCUT2D eigenvalue weighted by Gasteiger charge is -2.23. The van der Waals surface area contributed by atoms with Crippen molar-refractivity contribution < 1.29 is 9.22 Å². The van der Waals surface area contributed by atoms with Crippen LogP contribution in [0.2, 0.25) is 0 Å². The van der Waals surface area contributed by atoms with E-state index in [1.165, 1.54) is 0 Å². The van der Waals surface area contributed by atoms with E-state index < -0.39 is 0 Å². The SMILES string of the molecule is CC(=S)OCC[N+](C)(C)C.I. The van der Waals surface area contributed by atoms with Gasteiger partial charge in [-0.1, -0.05) is 0 Å². The number of rotatable bonds is 3. The molecule has 0 bridgehead atoms. The molecule has 0 heterocycles. The molecule has 2 nitrogen and oxygen atoms in total. The van der Waals surface area contributed by atoms with Crippen LogP contribution in [0.15, 0.2) is 0 Å². The van der Waals surface area contributed by atoms with Crippen LogP contribution in [0.5, 0.6) is 0 Å². The summed E-state index contributed by atoms with van der Waals surface area (Å²) in [5.41, 5.74) is 0. The van der Waals surface area contributed by atoms with Crippen LogP contribution in [0.4, 0.5) is 0 Å². The maximum absolute atomic E-state index is 5.13. The van der Waals surface area contributed by atoms with Crippen molar-refractivity contribution >= 4 is 41.2 Å². The topological polar surface area (TPSA) is 9.23 Å². The van der Waals surface area contributed by atoms with Crippen molar-refractivity contribution in [3.63, 3.8) is 0 Å². The zero-order valence-electron chi connectivity index (χ0n) is 7.59. The molecular weight excluding hydrogens is 273 g/mol. The minimum Gasteiger partial charge on any atom is -0.481 e. The predicted octanol–water partition coefficient (Wildman–Crippen LogP) is 1.67. The lowest BCUT2D eigenvalue weighted by molar-refractivity contribution is -0.870. The molecule has 0 unspecified atom stereocenters. The molecular formula is C7H17INOS+. The lowest BCUT2D eigenvalue weighted by atomic mass is 10.5. The van der Waals surface area contributed by atoms with Crippen LogP contribution in [-0.4, -0.2) is 43.8 Å². The summed E-state index contributed by atoms with van der Waals surface area (Å²) in [6, 6.07) is 0. The molecule has 0 saturated carbocycles. The van der Waals surface area contributed by atoms with Crippen molar-refractivity contribution in [2.24, 2.45) is 0 Å². The maximum atomic E-state index is 5.13. The molecule has 0 aliphatic rings. The van der Waals surface area contributed by atoms with E-state index in [-0.39, 0.29) is 24.0 Å². The second-order valence-electron chi connectivity index (χ2n) is 3.35. The van der Waals surface area contributed by atoms with Gasteiger partial charge in [0.15, 0.2) is 5.05 Å². The van der Waals surface area contributed by atoms with Gasteiger partial charge < -0.3 is 9.22 Å². The van der Waals surface area contributed by atoms with E-state index in [0.717, 1.165) is 17.6 Å². The highest BCUT2D eigenvalue weighted by Gasteiger charge is 2.05. The molecule has 0 aromatic rings. The zero-order valence-corrected chi connectivity index (χ0v) is 10.7. The van der Waals surface area contributed by atoms with Gasteiger partial charge in [-0.15, -0.1) is 24.0 Å². The summed E-state index contributed by atoms with van der Waals surface area (Å²) in [7, 11) is 6.38. The summed E-state index contributed by atoms with van der Waals surface area (Å²) < 4.78 is 6.05. The number of hydrogen-bond donors (Lipinski definition) is 0. The minimum atomic E-state index is 0. The molecule has 0 aromatic heterocycles. The van der Waals surface area contributed by atoms with Crippen molar-refractivity contribution in [2.45, 2.75) is 6.92 Å². The van der Waals surface area contributed by atoms with Gasteiger partial charge in [0.1, 0.15) is 13.2 Å². The van der Waals surface area contributed by atoms with Gasteiger partial charge in [0.2, 0.25) is 0 Å². The van der Waals surface area contributed by atoms with Crippen LogP contribution in [0.1, 0.15) is 6.92 Å². The summed E-state index contributed by atoms with van der Waals surface area (Å²) >= 11 is 4.75. The monoisotopic (exact) mass is 290 g/mol. The van der Waals surface area contributed by atoms with E-state index in [9.17, 15) is 0 Å². The summed E-state index contributed by atoms with van der Waals surface area (Å²) in [5.74, 6) is 0. The van der Waals surface area contributed by atoms with Crippen LogP contribution < -0.4 is 0 Å². The standard InChI is InChI=1S/C7H16NOS.HI/c1-7(10)9-6-5-8(2,3)4;/h5-6H2,1-4H3;1H/q+1;. The fraction of sp³-hybridized carbons (Fsp3) is 0.857. The van der Waals surface area contributed by atoms with E-state index in [0.29, 0.717) is 5.05 Å². The number of thiocarbonyl (C=S) groups is 1. The highest BCUT2D eigenvalue weighted by Crippen LogP contribution is 1.89. The average Bonchev–Trinajstić information content (AvgIpc) is 1.59. The van der Waals surface area contributed by atoms with Gasteiger partial charge in [0.05, 0.1) is 21.1 Å². The molecule has 0 saturated heterocycles. The van der Waals surface area contributed by atoms with Crippen molar-refractivity contribution in [3.8, 4) is 0 Å². The van der Waals surface area contributed by atoms with Gasteiger partial charge in [-0.25, -0.2) is 0 Å². The first-order valence-electron chi connectivity index (χ1n) is 3.35. The molecule has 4 heteroatoms. The van der Waals surface area contributed by atoms with Gasteiger partial charge in [-0.2, -0.15) is 0 Å². The molecule has 0 rings (SSSR count). The van der Waals surface area contributed by atoms with Crippen LogP contribution in [0, 0.1) is 0 Å². The predicted molar refractivity (Wildman–Crippen MR) is 62.5 cm³/mol. The third kappa shape index (κ3) is 13.6. The van der Waals surface area contributed by atoms with E-state index in [4.69, 9.17) is 17.0 Å². The first-order valence-corrected chi connectivity index (χ1v) is 3.76. The van der Waals surface area contributed by atoms with Crippen molar-refractivity contribution in [3.05, 3.63) is 0 Å². The van der Waals surface area contributed by atoms with Crippen LogP contribution in [0.25, 0.3) is 0 Å². The molecule has 0 spiro atoms. The average molecular weight is 290 g/mol. The summed E-state index contributed by atoms with van der Waals surface area (Å²) in [6.45, 7) is 3.51. The highest BCUT2D eigenvalue weighted by molar-refractivity contribution is 14.0. The molecule has 0 amide bonds.